The zero-order valence-electron chi connectivity index (χ0n) is 15.3. The van der Waals surface area contributed by atoms with Crippen molar-refractivity contribution in [3.63, 3.8) is 0 Å². The molecule has 1 aliphatic heterocycles. The van der Waals surface area contributed by atoms with Crippen molar-refractivity contribution in [3.8, 4) is 0 Å². The van der Waals surface area contributed by atoms with E-state index in [1.807, 2.05) is 24.0 Å². The van der Waals surface area contributed by atoms with Gasteiger partial charge in [-0.1, -0.05) is 30.3 Å². The van der Waals surface area contributed by atoms with Gasteiger partial charge in [0.05, 0.1) is 6.20 Å². The Morgan fingerprint density at radius 3 is 2.76 bits per heavy atom. The summed E-state index contributed by atoms with van der Waals surface area (Å²) < 4.78 is 1.86. The molecule has 0 bridgehead atoms. The van der Waals surface area contributed by atoms with E-state index in [0.717, 1.165) is 38.2 Å². The molecule has 1 aromatic heterocycles. The van der Waals surface area contributed by atoms with E-state index in [-0.39, 0.29) is 11.9 Å². The Morgan fingerprint density at radius 1 is 1.24 bits per heavy atom. The standard InChI is InChI=1S/C20H28N4O/c1-17-13-21-23(14-17)12-9-20(25)24-11-6-10-22(15-18(24)2)16-19-7-4-3-5-8-19/h3-5,7-8,13-14,18H,6,9-12,15-16H2,1-2H3. The lowest BCUT2D eigenvalue weighted by molar-refractivity contribution is -0.133. The Hall–Kier alpha value is -2.14. The van der Waals surface area contributed by atoms with Crippen molar-refractivity contribution in [3.05, 3.63) is 53.9 Å². The van der Waals surface area contributed by atoms with Crippen molar-refractivity contribution in [2.24, 2.45) is 0 Å². The van der Waals surface area contributed by atoms with Crippen LogP contribution >= 0.6 is 0 Å². The summed E-state index contributed by atoms with van der Waals surface area (Å²) in [5.74, 6) is 0.238. The average Bonchev–Trinajstić information content (AvgIpc) is 2.93. The summed E-state index contributed by atoms with van der Waals surface area (Å²) in [5.41, 5.74) is 2.47. The molecule has 1 saturated heterocycles. The first kappa shape index (κ1) is 17.7. The summed E-state index contributed by atoms with van der Waals surface area (Å²) in [6.07, 6.45) is 5.37. The number of carbonyl (C=O) groups is 1. The first-order valence-electron chi connectivity index (χ1n) is 9.16. The van der Waals surface area contributed by atoms with Crippen LogP contribution in [0.2, 0.25) is 0 Å². The second kappa shape index (κ2) is 8.30. The molecule has 0 spiro atoms. The zero-order chi connectivity index (χ0) is 17.6. The lowest BCUT2D eigenvalue weighted by Gasteiger charge is -2.29. The molecule has 1 fully saturated rings. The molecule has 5 heteroatoms. The molecule has 0 aliphatic carbocycles. The fourth-order valence-electron chi connectivity index (χ4n) is 3.55. The highest BCUT2D eigenvalue weighted by Crippen LogP contribution is 2.14. The Bertz CT molecular complexity index is 682. The van der Waals surface area contributed by atoms with Crippen LogP contribution in [0.25, 0.3) is 0 Å². The number of rotatable bonds is 5. The van der Waals surface area contributed by atoms with Gasteiger partial charge in [0.2, 0.25) is 5.91 Å². The van der Waals surface area contributed by atoms with Gasteiger partial charge < -0.3 is 4.90 Å². The first-order valence-corrected chi connectivity index (χ1v) is 9.16. The van der Waals surface area contributed by atoms with Crippen LogP contribution in [0.3, 0.4) is 0 Å². The van der Waals surface area contributed by atoms with Crippen LogP contribution in [0.1, 0.15) is 30.9 Å². The highest BCUT2D eigenvalue weighted by molar-refractivity contribution is 5.76. The number of nitrogens with zero attached hydrogens (tertiary/aromatic N) is 4. The van der Waals surface area contributed by atoms with Gasteiger partial charge in [-0.3, -0.25) is 14.4 Å². The van der Waals surface area contributed by atoms with Crippen LogP contribution in [0.5, 0.6) is 0 Å². The van der Waals surface area contributed by atoms with Crippen LogP contribution in [0.15, 0.2) is 42.7 Å². The molecule has 1 amide bonds. The molecule has 3 rings (SSSR count). The summed E-state index contributed by atoms with van der Waals surface area (Å²) in [6.45, 7) is 8.62. The highest BCUT2D eigenvalue weighted by atomic mass is 16.2. The fourth-order valence-corrected chi connectivity index (χ4v) is 3.55. The van der Waals surface area contributed by atoms with E-state index in [0.29, 0.717) is 13.0 Å². The van der Waals surface area contributed by atoms with Gasteiger partial charge in [-0.2, -0.15) is 5.10 Å². The Labute approximate surface area is 150 Å². The second-order valence-electron chi connectivity index (χ2n) is 7.04. The molecule has 0 radical (unpaired) electrons. The van der Waals surface area contributed by atoms with Crippen LogP contribution < -0.4 is 0 Å². The van der Waals surface area contributed by atoms with E-state index < -0.39 is 0 Å². The third kappa shape index (κ3) is 4.92. The third-order valence-electron chi connectivity index (χ3n) is 4.81. The number of carbonyl (C=O) groups excluding carboxylic acids is 1. The van der Waals surface area contributed by atoms with Gasteiger partial charge in [-0.15, -0.1) is 0 Å². The topological polar surface area (TPSA) is 41.4 Å². The van der Waals surface area contributed by atoms with Gasteiger partial charge in [-0.05, 0) is 31.4 Å². The monoisotopic (exact) mass is 340 g/mol. The minimum absolute atomic E-state index is 0.238. The summed E-state index contributed by atoms with van der Waals surface area (Å²) in [7, 11) is 0. The number of aromatic nitrogens is 2. The Balaban J connectivity index is 1.53. The number of aryl methyl sites for hydroxylation is 2. The van der Waals surface area contributed by atoms with E-state index in [1.165, 1.54) is 5.56 Å². The summed E-state index contributed by atoms with van der Waals surface area (Å²) >= 11 is 0. The summed E-state index contributed by atoms with van der Waals surface area (Å²) in [6, 6.07) is 10.8. The minimum Gasteiger partial charge on any atom is -0.339 e. The van der Waals surface area contributed by atoms with Crippen LogP contribution in [-0.4, -0.2) is 51.2 Å². The van der Waals surface area contributed by atoms with Crippen molar-refractivity contribution >= 4 is 5.91 Å². The molecular formula is C20H28N4O. The predicted octanol–water partition coefficient (Wildman–Crippen LogP) is 2.70. The molecule has 134 valence electrons. The highest BCUT2D eigenvalue weighted by Gasteiger charge is 2.25. The van der Waals surface area contributed by atoms with Crippen LogP contribution in [0, 0.1) is 6.92 Å². The van der Waals surface area contributed by atoms with Crippen molar-refractivity contribution in [1.29, 1.82) is 0 Å². The van der Waals surface area contributed by atoms with Gasteiger partial charge in [-0.25, -0.2) is 0 Å². The normalized spacial score (nSPS) is 19.0. The Morgan fingerprint density at radius 2 is 2.04 bits per heavy atom. The molecule has 0 saturated carbocycles. The summed E-state index contributed by atoms with van der Waals surface area (Å²) in [4.78, 5) is 17.2. The van der Waals surface area contributed by atoms with E-state index >= 15 is 0 Å². The lowest BCUT2D eigenvalue weighted by atomic mass is 10.2. The van der Waals surface area contributed by atoms with Crippen LogP contribution in [-0.2, 0) is 17.9 Å². The Kier molecular flexibility index (Phi) is 5.87. The van der Waals surface area contributed by atoms with Crippen molar-refractivity contribution in [2.75, 3.05) is 19.6 Å². The molecule has 1 atom stereocenters. The maximum atomic E-state index is 12.7. The smallest absolute Gasteiger partial charge is 0.224 e. The molecule has 1 unspecified atom stereocenters. The molecule has 2 heterocycles. The average molecular weight is 340 g/mol. The van der Waals surface area contributed by atoms with Crippen LogP contribution in [0.4, 0.5) is 0 Å². The molecule has 5 nitrogen and oxygen atoms in total. The number of hydrogen-bond acceptors (Lipinski definition) is 3. The van der Waals surface area contributed by atoms with Gasteiger partial charge in [0, 0.05) is 51.4 Å². The summed E-state index contributed by atoms with van der Waals surface area (Å²) in [5, 5.41) is 4.27. The van der Waals surface area contributed by atoms with Crippen molar-refractivity contribution < 1.29 is 4.79 Å². The second-order valence-corrected chi connectivity index (χ2v) is 7.04. The van der Waals surface area contributed by atoms with Gasteiger partial charge in [0.15, 0.2) is 0 Å². The number of benzene rings is 1. The molecule has 1 aromatic carbocycles. The van der Waals surface area contributed by atoms with E-state index in [2.05, 4.69) is 52.2 Å². The van der Waals surface area contributed by atoms with Crippen molar-refractivity contribution in [1.82, 2.24) is 19.6 Å². The van der Waals surface area contributed by atoms with Gasteiger partial charge >= 0.3 is 0 Å². The molecule has 1 aliphatic rings. The predicted molar refractivity (Wildman–Crippen MR) is 99.1 cm³/mol. The molecular weight excluding hydrogens is 312 g/mol. The van der Waals surface area contributed by atoms with E-state index in [1.54, 1.807) is 0 Å². The lowest BCUT2D eigenvalue weighted by Crippen LogP contribution is -2.42. The largest absolute Gasteiger partial charge is 0.339 e. The maximum Gasteiger partial charge on any atom is 0.224 e. The van der Waals surface area contributed by atoms with Gasteiger partial charge in [0.25, 0.3) is 0 Å². The molecule has 0 N–H and O–H groups in total. The van der Waals surface area contributed by atoms with E-state index in [4.69, 9.17) is 0 Å². The molecule has 25 heavy (non-hydrogen) atoms. The first-order chi connectivity index (χ1) is 12.1. The quantitative estimate of drug-likeness (QED) is 0.840. The van der Waals surface area contributed by atoms with E-state index in [9.17, 15) is 4.79 Å². The molecule has 2 aromatic rings. The third-order valence-corrected chi connectivity index (χ3v) is 4.81. The minimum atomic E-state index is 0.238. The SMILES string of the molecule is Cc1cnn(CCC(=O)N2CCCN(Cc3ccccc3)CC2C)c1. The zero-order valence-corrected chi connectivity index (χ0v) is 15.3. The number of amides is 1. The number of hydrogen-bond donors (Lipinski definition) is 0. The maximum absolute atomic E-state index is 12.7. The van der Waals surface area contributed by atoms with Gasteiger partial charge in [0.1, 0.15) is 0 Å². The fraction of sp³-hybridized carbons (Fsp3) is 0.500. The van der Waals surface area contributed by atoms with Crippen molar-refractivity contribution in [2.45, 2.75) is 45.8 Å².